The van der Waals surface area contributed by atoms with Crippen LogP contribution in [-0.4, -0.2) is 34.4 Å². The summed E-state index contributed by atoms with van der Waals surface area (Å²) in [5.74, 6) is 0.835. The molecule has 1 heterocycles. The van der Waals surface area contributed by atoms with E-state index in [1.165, 1.54) is 0 Å². The topological polar surface area (TPSA) is 55.4 Å². The summed E-state index contributed by atoms with van der Waals surface area (Å²) in [6.45, 7) is 2.95. The Balaban J connectivity index is 2.48. The summed E-state index contributed by atoms with van der Waals surface area (Å²) in [7, 11) is -1.50. The summed E-state index contributed by atoms with van der Waals surface area (Å²) in [5, 5.41) is 2.63. The fraction of sp³-hybridized carbons (Fsp3) is 0.500. The van der Waals surface area contributed by atoms with Crippen molar-refractivity contribution in [3.05, 3.63) is 29.3 Å². The summed E-state index contributed by atoms with van der Waals surface area (Å²) in [4.78, 5) is 0. The smallest absolute Gasteiger partial charge is 0.159 e. The van der Waals surface area contributed by atoms with Gasteiger partial charge >= 0.3 is 0 Å². The standard InChI is InChI=1S/C12H17NO3S/c1-9-3-4-11(16-2)10(7-9)12-8-13-5-6-17(12,14)15/h3-4,7,12-13H,5-6,8H2,1-2H3. The fourth-order valence-corrected chi connectivity index (χ4v) is 3.78. The predicted octanol–water partition coefficient (Wildman–Crippen LogP) is 1.06. The van der Waals surface area contributed by atoms with E-state index >= 15 is 0 Å². The van der Waals surface area contributed by atoms with Crippen LogP contribution in [0.4, 0.5) is 0 Å². The molecule has 1 aliphatic rings. The summed E-state index contributed by atoms with van der Waals surface area (Å²) in [6.07, 6.45) is 0. The van der Waals surface area contributed by atoms with E-state index in [1.807, 2.05) is 25.1 Å². The van der Waals surface area contributed by atoms with Gasteiger partial charge in [-0.1, -0.05) is 17.7 Å². The number of hydrogen-bond donors (Lipinski definition) is 1. The van der Waals surface area contributed by atoms with Crippen molar-refractivity contribution in [1.29, 1.82) is 0 Å². The minimum Gasteiger partial charge on any atom is -0.496 e. The molecule has 1 unspecified atom stereocenters. The molecule has 0 spiro atoms. The molecule has 1 aromatic carbocycles. The molecular formula is C12H17NO3S. The molecular weight excluding hydrogens is 238 g/mol. The largest absolute Gasteiger partial charge is 0.496 e. The lowest BCUT2D eigenvalue weighted by molar-refractivity contribution is 0.407. The highest BCUT2D eigenvalue weighted by Crippen LogP contribution is 2.32. The lowest BCUT2D eigenvalue weighted by Gasteiger charge is -2.25. The molecule has 0 aromatic heterocycles. The van der Waals surface area contributed by atoms with Gasteiger partial charge in [0.15, 0.2) is 9.84 Å². The zero-order valence-electron chi connectivity index (χ0n) is 10.1. The molecule has 0 bridgehead atoms. The number of ether oxygens (including phenoxy) is 1. The minimum absolute atomic E-state index is 0.189. The molecule has 94 valence electrons. The molecule has 1 aliphatic heterocycles. The van der Waals surface area contributed by atoms with Crippen LogP contribution >= 0.6 is 0 Å². The number of sulfone groups is 1. The second-order valence-electron chi connectivity index (χ2n) is 4.31. The summed E-state index contributed by atoms with van der Waals surface area (Å²) in [6, 6.07) is 5.65. The zero-order chi connectivity index (χ0) is 12.5. The summed E-state index contributed by atoms with van der Waals surface area (Å²) >= 11 is 0. The number of rotatable bonds is 2. The number of aryl methyl sites for hydroxylation is 1. The SMILES string of the molecule is COc1ccc(C)cc1C1CNCCS1(=O)=O. The highest BCUT2D eigenvalue weighted by molar-refractivity contribution is 7.91. The number of methoxy groups -OCH3 is 1. The predicted molar refractivity (Wildman–Crippen MR) is 67.1 cm³/mol. The maximum atomic E-state index is 12.1. The summed E-state index contributed by atoms with van der Waals surface area (Å²) < 4.78 is 29.4. The molecule has 1 fully saturated rings. The van der Waals surface area contributed by atoms with Crippen LogP contribution in [0.5, 0.6) is 5.75 Å². The molecule has 1 N–H and O–H groups in total. The number of hydrogen-bond acceptors (Lipinski definition) is 4. The first-order valence-corrected chi connectivity index (χ1v) is 7.33. The van der Waals surface area contributed by atoms with Gasteiger partial charge in [0.1, 0.15) is 11.0 Å². The van der Waals surface area contributed by atoms with Crippen LogP contribution in [-0.2, 0) is 9.84 Å². The van der Waals surface area contributed by atoms with E-state index in [0.717, 1.165) is 11.1 Å². The van der Waals surface area contributed by atoms with Gasteiger partial charge in [-0.25, -0.2) is 8.42 Å². The van der Waals surface area contributed by atoms with Crippen LogP contribution in [0, 0.1) is 6.92 Å². The molecule has 1 saturated heterocycles. The molecule has 0 amide bonds. The zero-order valence-corrected chi connectivity index (χ0v) is 10.9. The van der Waals surface area contributed by atoms with Gasteiger partial charge in [0.2, 0.25) is 0 Å². The van der Waals surface area contributed by atoms with Gasteiger partial charge in [0.25, 0.3) is 0 Å². The monoisotopic (exact) mass is 255 g/mol. The first-order valence-electron chi connectivity index (χ1n) is 5.61. The molecule has 5 heteroatoms. The van der Waals surface area contributed by atoms with Crippen LogP contribution in [0.15, 0.2) is 18.2 Å². The minimum atomic E-state index is -3.07. The molecule has 0 aliphatic carbocycles. The van der Waals surface area contributed by atoms with Crippen molar-refractivity contribution >= 4 is 9.84 Å². The van der Waals surface area contributed by atoms with Crippen LogP contribution in [0.25, 0.3) is 0 Å². The Morgan fingerprint density at radius 2 is 2.18 bits per heavy atom. The van der Waals surface area contributed by atoms with E-state index < -0.39 is 15.1 Å². The average molecular weight is 255 g/mol. The van der Waals surface area contributed by atoms with Gasteiger partial charge in [0, 0.05) is 18.7 Å². The molecule has 1 aromatic rings. The van der Waals surface area contributed by atoms with Crippen molar-refractivity contribution in [3.8, 4) is 5.75 Å². The Hall–Kier alpha value is -1.07. The average Bonchev–Trinajstić information content (AvgIpc) is 2.28. The van der Waals surface area contributed by atoms with Crippen LogP contribution in [0.1, 0.15) is 16.4 Å². The Morgan fingerprint density at radius 3 is 2.82 bits per heavy atom. The first-order chi connectivity index (χ1) is 8.04. The first kappa shape index (κ1) is 12.4. The van der Waals surface area contributed by atoms with Gasteiger partial charge in [-0.05, 0) is 13.0 Å². The van der Waals surface area contributed by atoms with Gasteiger partial charge in [-0.2, -0.15) is 0 Å². The molecule has 17 heavy (non-hydrogen) atoms. The van der Waals surface area contributed by atoms with Gasteiger partial charge in [0.05, 0.1) is 12.9 Å². The van der Waals surface area contributed by atoms with Crippen molar-refractivity contribution in [1.82, 2.24) is 5.32 Å². The summed E-state index contributed by atoms with van der Waals surface area (Å²) in [5.41, 5.74) is 1.81. The number of nitrogens with one attached hydrogen (secondary N) is 1. The second-order valence-corrected chi connectivity index (χ2v) is 6.61. The lowest BCUT2D eigenvalue weighted by Crippen LogP contribution is -2.38. The van der Waals surface area contributed by atoms with Crippen molar-refractivity contribution in [3.63, 3.8) is 0 Å². The third-order valence-corrected chi connectivity index (χ3v) is 5.12. The van der Waals surface area contributed by atoms with Gasteiger partial charge in [-0.15, -0.1) is 0 Å². The lowest BCUT2D eigenvalue weighted by atomic mass is 10.1. The van der Waals surface area contributed by atoms with Crippen LogP contribution in [0.3, 0.4) is 0 Å². The van der Waals surface area contributed by atoms with E-state index in [4.69, 9.17) is 4.74 Å². The molecule has 4 nitrogen and oxygen atoms in total. The third kappa shape index (κ3) is 2.45. The second kappa shape index (κ2) is 4.66. The highest BCUT2D eigenvalue weighted by atomic mass is 32.2. The van der Waals surface area contributed by atoms with Crippen molar-refractivity contribution < 1.29 is 13.2 Å². The van der Waals surface area contributed by atoms with E-state index in [2.05, 4.69) is 5.32 Å². The van der Waals surface area contributed by atoms with Gasteiger partial charge < -0.3 is 10.1 Å². The van der Waals surface area contributed by atoms with Crippen LogP contribution in [0.2, 0.25) is 0 Å². The fourth-order valence-electron chi connectivity index (χ4n) is 2.13. The normalized spacial score (nSPS) is 23.3. The van der Waals surface area contributed by atoms with Crippen molar-refractivity contribution in [2.75, 3.05) is 26.0 Å². The van der Waals surface area contributed by atoms with E-state index in [9.17, 15) is 8.42 Å². The number of benzene rings is 1. The molecule has 0 radical (unpaired) electrons. The molecule has 1 atom stereocenters. The Morgan fingerprint density at radius 1 is 1.41 bits per heavy atom. The maximum Gasteiger partial charge on any atom is 0.159 e. The highest BCUT2D eigenvalue weighted by Gasteiger charge is 2.32. The van der Waals surface area contributed by atoms with Crippen molar-refractivity contribution in [2.45, 2.75) is 12.2 Å². The third-order valence-electron chi connectivity index (χ3n) is 3.06. The Kier molecular flexibility index (Phi) is 3.40. The molecule has 0 saturated carbocycles. The van der Waals surface area contributed by atoms with E-state index in [1.54, 1.807) is 7.11 Å². The Bertz CT molecular complexity index is 510. The van der Waals surface area contributed by atoms with Crippen LogP contribution < -0.4 is 10.1 Å². The quantitative estimate of drug-likeness (QED) is 0.858. The maximum absolute atomic E-state index is 12.1. The van der Waals surface area contributed by atoms with Gasteiger partial charge in [-0.3, -0.25) is 0 Å². The van der Waals surface area contributed by atoms with E-state index in [-0.39, 0.29) is 5.75 Å². The Labute approximate surface area is 102 Å². The van der Waals surface area contributed by atoms with E-state index in [0.29, 0.717) is 18.8 Å². The van der Waals surface area contributed by atoms with Crippen molar-refractivity contribution in [2.24, 2.45) is 0 Å². The molecule has 2 rings (SSSR count).